The van der Waals surface area contributed by atoms with Crippen LogP contribution < -0.4 is 0 Å². The van der Waals surface area contributed by atoms with Crippen LogP contribution in [-0.4, -0.2) is 0 Å². The zero-order valence-electron chi connectivity index (χ0n) is 11.7. The molecule has 4 rings (SSSR count). The number of fused-ring (bicyclic) bond motifs is 4. The Morgan fingerprint density at radius 1 is 0.727 bits per heavy atom. The fraction of sp³-hybridized carbons (Fsp3) is 0. The van der Waals surface area contributed by atoms with Crippen molar-refractivity contribution in [1.82, 2.24) is 0 Å². The summed E-state index contributed by atoms with van der Waals surface area (Å²) in [4.78, 5) is 0. The highest BCUT2D eigenvalue weighted by Gasteiger charge is 2.27. The molecule has 1 aliphatic rings. The summed E-state index contributed by atoms with van der Waals surface area (Å²) in [6.45, 7) is 4.09. The Morgan fingerprint density at radius 3 is 2.09 bits per heavy atom. The molecule has 3 aromatic carbocycles. The van der Waals surface area contributed by atoms with E-state index in [-0.39, 0.29) is 0 Å². The molecule has 0 unspecified atom stereocenters. The number of hydrogen-bond acceptors (Lipinski definition) is 0. The molecule has 3 aromatic rings. The average molecular weight is 412 g/mol. The molecular formula is C20H12Br2. The lowest BCUT2D eigenvalue weighted by atomic mass is 9.75. The summed E-state index contributed by atoms with van der Waals surface area (Å²) in [5.41, 5.74) is 8.93. The van der Waals surface area contributed by atoms with Crippen molar-refractivity contribution in [3.8, 4) is 33.4 Å². The average Bonchev–Trinajstić information content (AvgIpc) is 2.52. The molecule has 22 heavy (non-hydrogen) atoms. The van der Waals surface area contributed by atoms with Crippen molar-refractivity contribution in [3.05, 3.63) is 77.3 Å². The summed E-state index contributed by atoms with van der Waals surface area (Å²) in [6, 6.07) is 21.4. The number of benzene rings is 3. The Kier molecular flexibility index (Phi) is 3.32. The zero-order chi connectivity index (χ0) is 15.3. The molecule has 0 bridgehead atoms. The number of rotatable bonds is 2. The van der Waals surface area contributed by atoms with E-state index in [9.17, 15) is 0 Å². The van der Waals surface area contributed by atoms with Gasteiger partial charge in [-0.25, -0.2) is 0 Å². The smallest absolute Gasteiger partial charge is 0.0182 e. The van der Waals surface area contributed by atoms with Gasteiger partial charge in [-0.15, -0.1) is 0 Å². The summed E-state index contributed by atoms with van der Waals surface area (Å²) in [5.74, 6) is 0. The molecule has 0 saturated heterocycles. The fourth-order valence-electron chi connectivity index (χ4n) is 3.12. The second kappa shape index (κ2) is 5.22. The summed E-state index contributed by atoms with van der Waals surface area (Å²) in [6.07, 6.45) is 0. The van der Waals surface area contributed by atoms with E-state index in [2.05, 4.69) is 99.1 Å². The first-order chi connectivity index (χ1) is 10.7. The van der Waals surface area contributed by atoms with Crippen LogP contribution in [0.3, 0.4) is 0 Å². The first kappa shape index (κ1) is 14.0. The lowest BCUT2D eigenvalue weighted by molar-refractivity contribution is 1.49. The van der Waals surface area contributed by atoms with E-state index in [0.29, 0.717) is 0 Å². The summed E-state index contributed by atoms with van der Waals surface area (Å²) in [5, 5.41) is 0. The van der Waals surface area contributed by atoms with Gasteiger partial charge in [0.05, 0.1) is 0 Å². The SMILES string of the molecule is C=C(Br)c1ccc2c(c1-c1ccc(Br)cc1)-c1ccccc1-2. The van der Waals surface area contributed by atoms with E-state index >= 15 is 0 Å². The van der Waals surface area contributed by atoms with Gasteiger partial charge in [-0.05, 0) is 51.1 Å². The highest BCUT2D eigenvalue weighted by molar-refractivity contribution is 9.15. The Morgan fingerprint density at radius 2 is 1.41 bits per heavy atom. The van der Waals surface area contributed by atoms with Crippen LogP contribution in [0.2, 0.25) is 0 Å². The van der Waals surface area contributed by atoms with E-state index < -0.39 is 0 Å². The first-order valence-electron chi connectivity index (χ1n) is 7.04. The van der Waals surface area contributed by atoms with Crippen LogP contribution in [0.4, 0.5) is 0 Å². The van der Waals surface area contributed by atoms with E-state index in [1.165, 1.54) is 33.4 Å². The first-order valence-corrected chi connectivity index (χ1v) is 8.63. The van der Waals surface area contributed by atoms with Gasteiger partial charge in [0.25, 0.3) is 0 Å². The van der Waals surface area contributed by atoms with E-state index in [1.807, 2.05) is 0 Å². The van der Waals surface area contributed by atoms with Crippen molar-refractivity contribution in [3.63, 3.8) is 0 Å². The van der Waals surface area contributed by atoms with Gasteiger partial charge in [-0.3, -0.25) is 0 Å². The summed E-state index contributed by atoms with van der Waals surface area (Å²) >= 11 is 7.08. The topological polar surface area (TPSA) is 0 Å². The molecule has 1 aliphatic carbocycles. The predicted octanol–water partition coefficient (Wildman–Crippen LogP) is 7.13. The Labute approximate surface area is 146 Å². The molecule has 0 amide bonds. The summed E-state index contributed by atoms with van der Waals surface area (Å²) in [7, 11) is 0. The monoisotopic (exact) mass is 410 g/mol. The maximum atomic E-state index is 4.09. The van der Waals surface area contributed by atoms with Crippen molar-refractivity contribution >= 4 is 36.3 Å². The third-order valence-electron chi connectivity index (χ3n) is 4.12. The largest absolute Gasteiger partial charge is 0.0841 e. The minimum absolute atomic E-state index is 0.914. The van der Waals surface area contributed by atoms with E-state index in [0.717, 1.165) is 14.5 Å². The molecule has 0 aromatic heterocycles. The summed E-state index contributed by atoms with van der Waals surface area (Å²) < 4.78 is 2.00. The van der Waals surface area contributed by atoms with Crippen molar-refractivity contribution in [2.45, 2.75) is 0 Å². The van der Waals surface area contributed by atoms with Gasteiger partial charge in [0.15, 0.2) is 0 Å². The Hall–Kier alpha value is -1.64. The molecule has 0 nitrogen and oxygen atoms in total. The maximum Gasteiger partial charge on any atom is 0.0182 e. The predicted molar refractivity (Wildman–Crippen MR) is 102 cm³/mol. The normalized spacial score (nSPS) is 11.4. The third-order valence-corrected chi connectivity index (χ3v) is 5.07. The third kappa shape index (κ3) is 2.02. The van der Waals surface area contributed by atoms with Gasteiger partial charge in [0.1, 0.15) is 0 Å². The van der Waals surface area contributed by atoms with Gasteiger partial charge < -0.3 is 0 Å². The highest BCUT2D eigenvalue weighted by Crippen LogP contribution is 2.53. The minimum atomic E-state index is 0.914. The van der Waals surface area contributed by atoms with Crippen molar-refractivity contribution in [1.29, 1.82) is 0 Å². The Bertz CT molecular complexity index is 905. The lowest BCUT2D eigenvalue weighted by Gasteiger charge is -2.28. The van der Waals surface area contributed by atoms with Gasteiger partial charge >= 0.3 is 0 Å². The van der Waals surface area contributed by atoms with Gasteiger partial charge in [-0.1, -0.05) is 87.0 Å². The minimum Gasteiger partial charge on any atom is -0.0841 e. The lowest BCUT2D eigenvalue weighted by Crippen LogP contribution is -2.02. The van der Waals surface area contributed by atoms with Crippen molar-refractivity contribution < 1.29 is 0 Å². The second-order valence-corrected chi connectivity index (χ2v) is 7.24. The molecule has 0 spiro atoms. The molecule has 0 radical (unpaired) electrons. The van der Waals surface area contributed by atoms with E-state index in [1.54, 1.807) is 0 Å². The molecular weight excluding hydrogens is 400 g/mol. The highest BCUT2D eigenvalue weighted by atomic mass is 79.9. The molecule has 0 atom stereocenters. The molecule has 0 N–H and O–H groups in total. The standard InChI is InChI=1S/C20H12Br2/c1-12(21)15-10-11-18-16-4-2-3-5-17(16)20(18)19(15)13-6-8-14(22)9-7-13/h2-11H,1H2. The number of hydrogen-bond donors (Lipinski definition) is 0. The molecule has 0 aliphatic heterocycles. The molecule has 2 heteroatoms. The molecule has 0 fully saturated rings. The van der Waals surface area contributed by atoms with Crippen molar-refractivity contribution in [2.24, 2.45) is 0 Å². The second-order valence-electron chi connectivity index (χ2n) is 5.37. The quantitative estimate of drug-likeness (QED) is 0.329. The van der Waals surface area contributed by atoms with Crippen LogP contribution in [-0.2, 0) is 0 Å². The van der Waals surface area contributed by atoms with Crippen LogP contribution in [0.15, 0.2) is 71.7 Å². The fourth-order valence-corrected chi connectivity index (χ4v) is 3.72. The maximum absolute atomic E-state index is 4.09. The molecule has 0 saturated carbocycles. The zero-order valence-corrected chi connectivity index (χ0v) is 14.9. The van der Waals surface area contributed by atoms with Gasteiger partial charge in [-0.2, -0.15) is 0 Å². The van der Waals surface area contributed by atoms with Crippen LogP contribution in [0.1, 0.15) is 5.56 Å². The van der Waals surface area contributed by atoms with Crippen molar-refractivity contribution in [2.75, 3.05) is 0 Å². The van der Waals surface area contributed by atoms with Crippen LogP contribution in [0.5, 0.6) is 0 Å². The molecule has 0 heterocycles. The van der Waals surface area contributed by atoms with Crippen LogP contribution >= 0.6 is 31.9 Å². The van der Waals surface area contributed by atoms with Crippen LogP contribution in [0, 0.1) is 0 Å². The van der Waals surface area contributed by atoms with E-state index in [4.69, 9.17) is 0 Å². The van der Waals surface area contributed by atoms with Gasteiger partial charge in [0.2, 0.25) is 0 Å². The van der Waals surface area contributed by atoms with Gasteiger partial charge in [0, 0.05) is 8.96 Å². The Balaban J connectivity index is 2.02. The molecule has 106 valence electrons. The number of halogens is 2. The van der Waals surface area contributed by atoms with Crippen LogP contribution in [0.25, 0.3) is 37.9 Å².